The van der Waals surface area contributed by atoms with E-state index in [0.717, 1.165) is 18.7 Å². The number of aryl methyl sites for hydroxylation is 2. The smallest absolute Gasteiger partial charge is 0.262 e. The van der Waals surface area contributed by atoms with Crippen LogP contribution in [0, 0.1) is 19.7 Å². The van der Waals surface area contributed by atoms with Crippen molar-refractivity contribution < 1.29 is 17.6 Å². The van der Waals surface area contributed by atoms with Crippen molar-refractivity contribution >= 4 is 27.3 Å². The summed E-state index contributed by atoms with van der Waals surface area (Å²) in [4.78, 5) is 15.1. The van der Waals surface area contributed by atoms with Gasteiger partial charge in [0.25, 0.3) is 15.9 Å². The molecule has 0 atom stereocenters. The van der Waals surface area contributed by atoms with E-state index < -0.39 is 21.7 Å². The van der Waals surface area contributed by atoms with Crippen LogP contribution in [0.25, 0.3) is 0 Å². The van der Waals surface area contributed by atoms with E-state index in [2.05, 4.69) is 20.3 Å². The van der Waals surface area contributed by atoms with Crippen LogP contribution in [-0.2, 0) is 16.6 Å². The van der Waals surface area contributed by atoms with Crippen molar-refractivity contribution in [3.05, 3.63) is 88.7 Å². The number of carbonyl (C=O) groups excluding carboxylic acids is 1. The van der Waals surface area contributed by atoms with Crippen molar-refractivity contribution in [1.29, 1.82) is 0 Å². The number of hydrogen-bond acceptors (Lipinski definition) is 5. The number of anilines is 2. The maximum Gasteiger partial charge on any atom is 0.262 e. The van der Waals surface area contributed by atoms with Crippen LogP contribution < -0.4 is 20.3 Å². The standard InChI is InChI=1S/C26H29FN4O3S/c1-18-7-10-25(19(2)15-18)35(33,34)30-23-16-20(8-9-24(23)31-13-11-28-12-14-31)26(32)29-17-21-5-3-4-6-22(21)27/h3-10,15-16,28,30H,11-14,17H2,1-2H3,(H,29,32). The average molecular weight is 497 g/mol. The van der Waals surface area contributed by atoms with Crippen LogP contribution in [0.3, 0.4) is 0 Å². The zero-order valence-corrected chi connectivity index (χ0v) is 20.6. The van der Waals surface area contributed by atoms with Crippen molar-refractivity contribution in [2.75, 3.05) is 35.8 Å². The summed E-state index contributed by atoms with van der Waals surface area (Å²) in [7, 11) is -3.90. The summed E-state index contributed by atoms with van der Waals surface area (Å²) < 4.78 is 43.3. The molecule has 7 nitrogen and oxygen atoms in total. The van der Waals surface area contributed by atoms with Gasteiger partial charge in [-0.25, -0.2) is 12.8 Å². The average Bonchev–Trinajstić information content (AvgIpc) is 2.83. The molecule has 1 aliphatic rings. The van der Waals surface area contributed by atoms with Crippen LogP contribution in [-0.4, -0.2) is 40.5 Å². The zero-order valence-electron chi connectivity index (χ0n) is 19.8. The molecular weight excluding hydrogens is 467 g/mol. The van der Waals surface area contributed by atoms with Gasteiger partial charge < -0.3 is 15.5 Å². The molecule has 0 aliphatic carbocycles. The van der Waals surface area contributed by atoms with Crippen molar-refractivity contribution in [2.45, 2.75) is 25.3 Å². The summed E-state index contributed by atoms with van der Waals surface area (Å²) in [6, 6.07) is 16.3. The quantitative estimate of drug-likeness (QED) is 0.465. The van der Waals surface area contributed by atoms with E-state index in [0.29, 0.717) is 35.6 Å². The Hall–Kier alpha value is -3.43. The predicted octanol–water partition coefficient (Wildman–Crippen LogP) is 3.58. The van der Waals surface area contributed by atoms with Gasteiger partial charge in [-0.3, -0.25) is 9.52 Å². The number of hydrogen-bond donors (Lipinski definition) is 3. The second-order valence-electron chi connectivity index (χ2n) is 8.62. The van der Waals surface area contributed by atoms with E-state index in [4.69, 9.17) is 0 Å². The minimum atomic E-state index is -3.90. The van der Waals surface area contributed by atoms with Crippen LogP contribution in [0.5, 0.6) is 0 Å². The Morgan fingerprint density at radius 1 is 1.03 bits per heavy atom. The summed E-state index contributed by atoms with van der Waals surface area (Å²) in [5, 5.41) is 5.99. The van der Waals surface area contributed by atoms with E-state index in [1.165, 1.54) is 12.1 Å². The first kappa shape index (κ1) is 24.7. The first-order chi connectivity index (χ1) is 16.7. The van der Waals surface area contributed by atoms with E-state index in [9.17, 15) is 17.6 Å². The van der Waals surface area contributed by atoms with Gasteiger partial charge in [0.15, 0.2) is 0 Å². The highest BCUT2D eigenvalue weighted by Gasteiger charge is 2.22. The molecule has 3 aromatic rings. The Balaban J connectivity index is 1.64. The monoisotopic (exact) mass is 496 g/mol. The first-order valence-electron chi connectivity index (χ1n) is 11.5. The maximum atomic E-state index is 13.9. The lowest BCUT2D eigenvalue weighted by molar-refractivity contribution is 0.0950. The number of amides is 1. The lowest BCUT2D eigenvalue weighted by atomic mass is 10.1. The molecule has 0 spiro atoms. The molecule has 0 bridgehead atoms. The minimum Gasteiger partial charge on any atom is -0.367 e. The first-order valence-corrected chi connectivity index (χ1v) is 12.9. The Morgan fingerprint density at radius 2 is 1.77 bits per heavy atom. The molecule has 4 rings (SSSR count). The minimum absolute atomic E-state index is 0.0225. The molecule has 184 valence electrons. The van der Waals surface area contributed by atoms with Crippen molar-refractivity contribution in [3.8, 4) is 0 Å². The lowest BCUT2D eigenvalue weighted by Gasteiger charge is -2.31. The molecule has 1 saturated heterocycles. The second kappa shape index (κ2) is 10.5. The Labute approximate surface area is 205 Å². The number of nitrogens with one attached hydrogen (secondary N) is 3. The van der Waals surface area contributed by atoms with E-state index >= 15 is 0 Å². The molecule has 0 saturated carbocycles. The summed E-state index contributed by atoms with van der Waals surface area (Å²) in [6.07, 6.45) is 0. The van der Waals surface area contributed by atoms with Gasteiger partial charge in [0.1, 0.15) is 5.82 Å². The molecule has 1 heterocycles. The van der Waals surface area contributed by atoms with Crippen LogP contribution in [0.2, 0.25) is 0 Å². The number of halogens is 1. The van der Waals surface area contributed by atoms with Gasteiger partial charge in [-0.1, -0.05) is 35.9 Å². The Kier molecular flexibility index (Phi) is 7.37. The van der Waals surface area contributed by atoms with Crippen LogP contribution in [0.1, 0.15) is 27.0 Å². The van der Waals surface area contributed by atoms with Crippen molar-refractivity contribution in [1.82, 2.24) is 10.6 Å². The third kappa shape index (κ3) is 5.80. The van der Waals surface area contributed by atoms with Crippen molar-refractivity contribution in [2.24, 2.45) is 0 Å². The third-order valence-electron chi connectivity index (χ3n) is 5.98. The van der Waals surface area contributed by atoms with Gasteiger partial charge in [-0.2, -0.15) is 0 Å². The van der Waals surface area contributed by atoms with Gasteiger partial charge in [0.2, 0.25) is 0 Å². The highest BCUT2D eigenvalue weighted by Crippen LogP contribution is 2.31. The van der Waals surface area contributed by atoms with Gasteiger partial charge in [-0.05, 0) is 49.7 Å². The van der Waals surface area contributed by atoms with Crippen LogP contribution in [0.15, 0.2) is 65.6 Å². The lowest BCUT2D eigenvalue weighted by Crippen LogP contribution is -2.43. The van der Waals surface area contributed by atoms with Gasteiger partial charge in [0, 0.05) is 43.9 Å². The number of nitrogens with zero attached hydrogens (tertiary/aromatic N) is 1. The Bertz CT molecular complexity index is 1340. The fourth-order valence-corrected chi connectivity index (χ4v) is 5.45. The maximum absolute atomic E-state index is 13.9. The molecule has 3 N–H and O–H groups in total. The van der Waals surface area contributed by atoms with E-state index in [1.54, 1.807) is 49.4 Å². The van der Waals surface area contributed by atoms with Crippen molar-refractivity contribution in [3.63, 3.8) is 0 Å². The number of benzene rings is 3. The fourth-order valence-electron chi connectivity index (χ4n) is 4.16. The highest BCUT2D eigenvalue weighted by atomic mass is 32.2. The molecule has 0 radical (unpaired) electrons. The van der Waals surface area contributed by atoms with E-state index in [-0.39, 0.29) is 17.0 Å². The zero-order chi connectivity index (χ0) is 25.0. The normalized spacial score (nSPS) is 14.0. The van der Waals surface area contributed by atoms with Gasteiger partial charge in [-0.15, -0.1) is 0 Å². The number of carbonyl (C=O) groups is 1. The van der Waals surface area contributed by atoms with Gasteiger partial charge >= 0.3 is 0 Å². The molecule has 35 heavy (non-hydrogen) atoms. The largest absolute Gasteiger partial charge is 0.367 e. The molecule has 3 aromatic carbocycles. The fraction of sp³-hybridized carbons (Fsp3) is 0.269. The number of piperazine rings is 1. The number of sulfonamides is 1. The summed E-state index contributed by atoms with van der Waals surface area (Å²) in [5.41, 5.74) is 3.28. The number of rotatable bonds is 7. The second-order valence-corrected chi connectivity index (χ2v) is 10.3. The summed E-state index contributed by atoms with van der Waals surface area (Å²) in [5.74, 6) is -0.823. The van der Waals surface area contributed by atoms with Crippen LogP contribution >= 0.6 is 0 Å². The molecule has 0 unspecified atom stereocenters. The molecule has 0 aromatic heterocycles. The van der Waals surface area contributed by atoms with E-state index in [1.807, 2.05) is 13.0 Å². The molecule has 1 aliphatic heterocycles. The highest BCUT2D eigenvalue weighted by molar-refractivity contribution is 7.92. The molecule has 9 heteroatoms. The summed E-state index contributed by atoms with van der Waals surface area (Å²) in [6.45, 7) is 6.64. The topological polar surface area (TPSA) is 90.5 Å². The third-order valence-corrected chi connectivity index (χ3v) is 7.50. The Morgan fingerprint density at radius 3 is 2.49 bits per heavy atom. The summed E-state index contributed by atoms with van der Waals surface area (Å²) >= 11 is 0. The molecular formula is C26H29FN4O3S. The van der Waals surface area contributed by atoms with Crippen LogP contribution in [0.4, 0.5) is 15.8 Å². The molecule has 1 fully saturated rings. The predicted molar refractivity (Wildman–Crippen MR) is 136 cm³/mol. The SMILES string of the molecule is Cc1ccc(S(=O)(=O)Nc2cc(C(=O)NCc3ccccc3F)ccc2N2CCNCC2)c(C)c1. The van der Waals surface area contributed by atoms with Gasteiger partial charge in [0.05, 0.1) is 16.3 Å². The molecule has 1 amide bonds.